The Labute approximate surface area is 115 Å². The fraction of sp³-hybridized carbons (Fsp3) is 0.750. The Bertz CT molecular complexity index is 486. The lowest BCUT2D eigenvalue weighted by Gasteiger charge is -2.30. The molecule has 1 aromatic rings. The molecular weight excluding hydrogens is 264 g/mol. The molecule has 0 saturated carbocycles. The van der Waals surface area contributed by atoms with E-state index in [0.29, 0.717) is 25.2 Å². The van der Waals surface area contributed by atoms with Crippen LogP contribution in [0.25, 0.3) is 0 Å². The largest absolute Gasteiger partial charge is 0.297 e. The Morgan fingerprint density at radius 1 is 1.32 bits per heavy atom. The molecular formula is C12H24N4O2S. The Morgan fingerprint density at radius 2 is 1.89 bits per heavy atom. The van der Waals surface area contributed by atoms with Crippen LogP contribution in [0.2, 0.25) is 0 Å². The summed E-state index contributed by atoms with van der Waals surface area (Å²) in [5, 5.41) is 3.87. The lowest BCUT2D eigenvalue weighted by atomic mass is 10.2. The molecule has 110 valence electrons. The lowest BCUT2D eigenvalue weighted by molar-refractivity contribution is 0.179. The van der Waals surface area contributed by atoms with Gasteiger partial charge in [-0.25, -0.2) is 13.1 Å². The summed E-state index contributed by atoms with van der Waals surface area (Å²) in [5.74, 6) is 0. The van der Waals surface area contributed by atoms with Gasteiger partial charge in [0.2, 0.25) is 10.0 Å². The summed E-state index contributed by atoms with van der Waals surface area (Å²) in [6, 6.07) is 0.783. The van der Waals surface area contributed by atoms with E-state index in [1.165, 1.54) is 17.1 Å². The molecule has 1 N–H and O–H groups in total. The minimum absolute atomic E-state index is 0.204. The first-order valence-corrected chi connectivity index (χ1v) is 7.96. The summed E-state index contributed by atoms with van der Waals surface area (Å²) in [5.41, 5.74) is 0. The molecule has 0 aliphatic carbocycles. The van der Waals surface area contributed by atoms with Gasteiger partial charge in [0, 0.05) is 38.4 Å². The van der Waals surface area contributed by atoms with Crippen LogP contribution in [0.15, 0.2) is 17.3 Å². The van der Waals surface area contributed by atoms with Crippen LogP contribution >= 0.6 is 0 Å². The van der Waals surface area contributed by atoms with Crippen LogP contribution in [0.1, 0.15) is 27.7 Å². The minimum atomic E-state index is -3.45. The Hall–Kier alpha value is -0.920. The molecule has 1 aromatic heterocycles. The van der Waals surface area contributed by atoms with Crippen molar-refractivity contribution < 1.29 is 8.42 Å². The molecule has 0 atom stereocenters. The molecule has 7 heteroatoms. The first-order chi connectivity index (χ1) is 8.74. The van der Waals surface area contributed by atoms with Gasteiger partial charge in [-0.15, -0.1) is 0 Å². The zero-order valence-electron chi connectivity index (χ0n) is 12.3. The van der Waals surface area contributed by atoms with Gasteiger partial charge in [-0.2, -0.15) is 5.10 Å². The van der Waals surface area contributed by atoms with Crippen molar-refractivity contribution >= 4 is 10.0 Å². The number of nitrogens with one attached hydrogen (secondary N) is 1. The van der Waals surface area contributed by atoms with E-state index in [1.807, 2.05) is 0 Å². The van der Waals surface area contributed by atoms with E-state index >= 15 is 0 Å². The summed E-state index contributed by atoms with van der Waals surface area (Å²) in [7, 11) is -1.75. The van der Waals surface area contributed by atoms with Crippen LogP contribution in [-0.4, -0.2) is 48.3 Å². The third-order valence-electron chi connectivity index (χ3n) is 2.98. The van der Waals surface area contributed by atoms with E-state index in [2.05, 4.69) is 42.4 Å². The first kappa shape index (κ1) is 16.1. The predicted octanol–water partition coefficient (Wildman–Crippen LogP) is 0.817. The summed E-state index contributed by atoms with van der Waals surface area (Å²) < 4.78 is 28.0. The fourth-order valence-electron chi connectivity index (χ4n) is 2.04. The predicted molar refractivity (Wildman–Crippen MR) is 75.4 cm³/mol. The molecule has 0 bridgehead atoms. The van der Waals surface area contributed by atoms with Crippen molar-refractivity contribution in [1.29, 1.82) is 0 Å². The van der Waals surface area contributed by atoms with Crippen LogP contribution < -0.4 is 4.72 Å². The molecule has 6 nitrogen and oxygen atoms in total. The van der Waals surface area contributed by atoms with Crippen LogP contribution in [0, 0.1) is 0 Å². The molecule has 19 heavy (non-hydrogen) atoms. The summed E-state index contributed by atoms with van der Waals surface area (Å²) in [4.78, 5) is 2.45. The normalized spacial score (nSPS) is 12.8. The van der Waals surface area contributed by atoms with Gasteiger partial charge in [-0.1, -0.05) is 0 Å². The highest BCUT2D eigenvalue weighted by atomic mass is 32.2. The second-order valence-corrected chi connectivity index (χ2v) is 6.94. The Morgan fingerprint density at radius 3 is 2.32 bits per heavy atom. The average molecular weight is 288 g/mol. The molecule has 0 aliphatic heterocycles. The van der Waals surface area contributed by atoms with Crippen LogP contribution in [0.3, 0.4) is 0 Å². The van der Waals surface area contributed by atoms with Crippen molar-refractivity contribution in [3.8, 4) is 0 Å². The van der Waals surface area contributed by atoms with Crippen LogP contribution in [0.4, 0.5) is 0 Å². The Balaban J connectivity index is 2.57. The first-order valence-electron chi connectivity index (χ1n) is 6.48. The molecule has 0 fully saturated rings. The summed E-state index contributed by atoms with van der Waals surface area (Å²) in [6.07, 6.45) is 2.84. The summed E-state index contributed by atoms with van der Waals surface area (Å²) in [6.45, 7) is 9.51. The maximum Gasteiger partial charge on any atom is 0.243 e. The van der Waals surface area contributed by atoms with E-state index < -0.39 is 10.0 Å². The van der Waals surface area contributed by atoms with E-state index in [-0.39, 0.29) is 4.90 Å². The van der Waals surface area contributed by atoms with Crippen molar-refractivity contribution in [3.63, 3.8) is 0 Å². The van der Waals surface area contributed by atoms with E-state index in [9.17, 15) is 8.42 Å². The third kappa shape index (κ3) is 4.59. The van der Waals surface area contributed by atoms with E-state index in [0.717, 1.165) is 0 Å². The van der Waals surface area contributed by atoms with Gasteiger partial charge in [0.1, 0.15) is 4.90 Å². The molecule has 0 aromatic carbocycles. The van der Waals surface area contributed by atoms with Gasteiger partial charge in [0.05, 0.1) is 6.20 Å². The number of nitrogens with zero attached hydrogens (tertiary/aromatic N) is 3. The van der Waals surface area contributed by atoms with E-state index in [1.54, 1.807) is 7.05 Å². The van der Waals surface area contributed by atoms with Gasteiger partial charge in [0.25, 0.3) is 0 Å². The van der Waals surface area contributed by atoms with Crippen molar-refractivity contribution in [2.75, 3.05) is 13.1 Å². The van der Waals surface area contributed by atoms with Crippen molar-refractivity contribution in [2.45, 2.75) is 44.7 Å². The SMILES string of the molecule is CC(C)N(CCNS(=O)(=O)c1cnn(C)c1)C(C)C. The molecule has 1 rings (SSSR count). The lowest BCUT2D eigenvalue weighted by Crippen LogP contribution is -2.42. The van der Waals surface area contributed by atoms with Gasteiger partial charge < -0.3 is 0 Å². The molecule has 0 unspecified atom stereocenters. The summed E-state index contributed by atoms with van der Waals surface area (Å²) >= 11 is 0. The maximum atomic E-state index is 12.0. The zero-order chi connectivity index (χ0) is 14.6. The molecule has 0 amide bonds. The molecule has 0 radical (unpaired) electrons. The highest BCUT2D eigenvalue weighted by molar-refractivity contribution is 7.89. The monoisotopic (exact) mass is 288 g/mol. The quantitative estimate of drug-likeness (QED) is 0.806. The van der Waals surface area contributed by atoms with Crippen molar-refractivity contribution in [3.05, 3.63) is 12.4 Å². The number of aryl methyl sites for hydroxylation is 1. The highest BCUT2D eigenvalue weighted by Gasteiger charge is 2.17. The second kappa shape index (κ2) is 6.49. The van der Waals surface area contributed by atoms with Crippen LogP contribution in [-0.2, 0) is 17.1 Å². The van der Waals surface area contributed by atoms with Crippen molar-refractivity contribution in [2.24, 2.45) is 7.05 Å². The van der Waals surface area contributed by atoms with Gasteiger partial charge in [0.15, 0.2) is 0 Å². The fourth-order valence-corrected chi connectivity index (χ4v) is 3.05. The van der Waals surface area contributed by atoms with Crippen molar-refractivity contribution in [1.82, 2.24) is 19.4 Å². The molecule has 0 saturated heterocycles. The number of sulfonamides is 1. The Kier molecular flexibility index (Phi) is 5.51. The topological polar surface area (TPSA) is 67.2 Å². The second-order valence-electron chi connectivity index (χ2n) is 5.17. The maximum absolute atomic E-state index is 12.0. The van der Waals surface area contributed by atoms with Crippen LogP contribution in [0.5, 0.6) is 0 Å². The standard InChI is InChI=1S/C12H24N4O2S/c1-10(2)16(11(3)4)7-6-14-19(17,18)12-8-13-15(5)9-12/h8-11,14H,6-7H2,1-5H3. The van der Waals surface area contributed by atoms with E-state index in [4.69, 9.17) is 0 Å². The zero-order valence-corrected chi connectivity index (χ0v) is 13.1. The number of rotatable bonds is 7. The smallest absolute Gasteiger partial charge is 0.243 e. The number of hydrogen-bond donors (Lipinski definition) is 1. The molecule has 0 spiro atoms. The minimum Gasteiger partial charge on any atom is -0.297 e. The number of aromatic nitrogens is 2. The third-order valence-corrected chi connectivity index (χ3v) is 4.40. The van der Waals surface area contributed by atoms with Gasteiger partial charge in [-0.3, -0.25) is 9.58 Å². The van der Waals surface area contributed by atoms with Gasteiger partial charge in [-0.05, 0) is 27.7 Å². The molecule has 1 heterocycles. The average Bonchev–Trinajstić information content (AvgIpc) is 2.71. The number of hydrogen-bond acceptors (Lipinski definition) is 4. The highest BCUT2D eigenvalue weighted by Crippen LogP contribution is 2.07. The molecule has 0 aliphatic rings. The van der Waals surface area contributed by atoms with Gasteiger partial charge >= 0.3 is 0 Å².